The molecule has 0 aliphatic carbocycles. The molecular weight excluding hydrogens is 360 g/mol. The maximum Gasteiger partial charge on any atom is 0.226 e. The topological polar surface area (TPSA) is 60.5 Å². The van der Waals surface area contributed by atoms with Gasteiger partial charge in [-0.3, -0.25) is 4.79 Å². The number of aryl methyl sites for hydroxylation is 1. The molecule has 4 rings (SSSR count). The molecule has 0 radical (unpaired) electrons. The molecule has 0 saturated heterocycles. The molecule has 1 aromatic heterocycles. The van der Waals surface area contributed by atoms with Crippen molar-refractivity contribution in [3.8, 4) is 11.5 Å². The van der Waals surface area contributed by atoms with Crippen molar-refractivity contribution in [1.82, 2.24) is 10.3 Å². The number of ether oxygens (including phenoxy) is 2. The predicted molar refractivity (Wildman–Crippen MR) is 107 cm³/mol. The Morgan fingerprint density at radius 3 is 3.07 bits per heavy atom. The van der Waals surface area contributed by atoms with Crippen LogP contribution in [0.15, 0.2) is 42.5 Å². The Labute approximate surface area is 162 Å². The van der Waals surface area contributed by atoms with E-state index in [1.54, 1.807) is 18.4 Å². The molecular formula is C21H22N2O3S. The van der Waals surface area contributed by atoms with E-state index in [9.17, 15) is 4.79 Å². The highest BCUT2D eigenvalue weighted by Gasteiger charge is 2.26. The molecule has 2 aromatic carbocycles. The molecule has 0 saturated carbocycles. The van der Waals surface area contributed by atoms with Gasteiger partial charge in [-0.25, -0.2) is 4.98 Å². The van der Waals surface area contributed by atoms with Crippen LogP contribution in [0.1, 0.15) is 17.0 Å². The first kappa shape index (κ1) is 17.8. The standard InChI is InChI=1S/C21H22N2O3S/c1-25-16-9-8-14-11-15(13-26-18(14)12-16)21(24)22-10-4-7-20-23-17-5-2-3-6-19(17)27-20/h2-3,5-6,8-9,12,15H,4,7,10-11,13H2,1H3,(H,22,24)/t15-/m0/s1. The molecule has 1 N–H and O–H groups in total. The van der Waals surface area contributed by atoms with E-state index in [2.05, 4.69) is 16.4 Å². The minimum absolute atomic E-state index is 0.0563. The summed E-state index contributed by atoms with van der Waals surface area (Å²) in [6, 6.07) is 13.9. The minimum atomic E-state index is -0.145. The minimum Gasteiger partial charge on any atom is -0.497 e. The van der Waals surface area contributed by atoms with E-state index in [4.69, 9.17) is 9.47 Å². The van der Waals surface area contributed by atoms with Crippen molar-refractivity contribution in [2.45, 2.75) is 19.3 Å². The molecule has 27 heavy (non-hydrogen) atoms. The number of carbonyl (C=O) groups excluding carboxylic acids is 1. The van der Waals surface area contributed by atoms with Crippen molar-refractivity contribution in [3.05, 3.63) is 53.0 Å². The van der Waals surface area contributed by atoms with Gasteiger partial charge in [-0.2, -0.15) is 0 Å². The summed E-state index contributed by atoms with van der Waals surface area (Å²) in [7, 11) is 1.63. The third kappa shape index (κ3) is 4.06. The van der Waals surface area contributed by atoms with Crippen LogP contribution < -0.4 is 14.8 Å². The SMILES string of the molecule is COc1ccc2c(c1)OC[C@@H](C(=O)NCCCc1nc3ccccc3s1)C2. The van der Waals surface area contributed by atoms with Crippen LogP contribution in [0.2, 0.25) is 0 Å². The summed E-state index contributed by atoms with van der Waals surface area (Å²) >= 11 is 1.73. The summed E-state index contributed by atoms with van der Waals surface area (Å²) in [6.45, 7) is 1.06. The molecule has 0 unspecified atom stereocenters. The second-order valence-corrected chi connectivity index (χ2v) is 7.77. The van der Waals surface area contributed by atoms with Crippen molar-refractivity contribution in [2.75, 3.05) is 20.3 Å². The molecule has 1 amide bonds. The Bertz CT molecular complexity index is 921. The number of aromatic nitrogens is 1. The highest BCUT2D eigenvalue weighted by molar-refractivity contribution is 7.18. The number of benzene rings is 2. The van der Waals surface area contributed by atoms with Gasteiger partial charge in [0.2, 0.25) is 5.91 Å². The Hall–Kier alpha value is -2.60. The highest BCUT2D eigenvalue weighted by Crippen LogP contribution is 2.31. The van der Waals surface area contributed by atoms with Crippen LogP contribution in [0, 0.1) is 5.92 Å². The first-order valence-electron chi connectivity index (χ1n) is 9.15. The van der Waals surface area contributed by atoms with Gasteiger partial charge in [0, 0.05) is 19.0 Å². The number of fused-ring (bicyclic) bond motifs is 2. The second kappa shape index (κ2) is 7.96. The van der Waals surface area contributed by atoms with Crippen molar-refractivity contribution in [2.24, 2.45) is 5.92 Å². The molecule has 0 spiro atoms. The molecule has 2 heterocycles. The van der Waals surface area contributed by atoms with Crippen molar-refractivity contribution in [3.63, 3.8) is 0 Å². The summed E-state index contributed by atoms with van der Waals surface area (Å²) in [5.74, 6) is 1.50. The van der Waals surface area contributed by atoms with Crippen LogP contribution in [-0.2, 0) is 17.6 Å². The van der Waals surface area contributed by atoms with Gasteiger partial charge >= 0.3 is 0 Å². The summed E-state index contributed by atoms with van der Waals surface area (Å²) < 4.78 is 12.2. The summed E-state index contributed by atoms with van der Waals surface area (Å²) in [5.41, 5.74) is 2.10. The lowest BCUT2D eigenvalue weighted by Crippen LogP contribution is -2.37. The third-order valence-electron chi connectivity index (χ3n) is 4.76. The monoisotopic (exact) mass is 382 g/mol. The van der Waals surface area contributed by atoms with Gasteiger partial charge in [-0.1, -0.05) is 18.2 Å². The van der Waals surface area contributed by atoms with Gasteiger partial charge in [0.05, 0.1) is 28.3 Å². The zero-order valence-electron chi connectivity index (χ0n) is 15.2. The normalized spacial score (nSPS) is 15.8. The Morgan fingerprint density at radius 1 is 1.33 bits per heavy atom. The van der Waals surface area contributed by atoms with E-state index >= 15 is 0 Å². The average Bonchev–Trinajstić information content (AvgIpc) is 3.13. The lowest BCUT2D eigenvalue weighted by molar-refractivity contribution is -0.126. The molecule has 6 heteroatoms. The number of methoxy groups -OCH3 is 1. The van der Waals surface area contributed by atoms with E-state index in [-0.39, 0.29) is 11.8 Å². The maximum absolute atomic E-state index is 12.5. The molecule has 3 aromatic rings. The van der Waals surface area contributed by atoms with Crippen LogP contribution in [-0.4, -0.2) is 31.2 Å². The number of para-hydroxylation sites is 1. The van der Waals surface area contributed by atoms with E-state index in [1.807, 2.05) is 36.4 Å². The number of hydrogen-bond acceptors (Lipinski definition) is 5. The predicted octanol–water partition coefficient (Wildman–Crippen LogP) is 3.61. The van der Waals surface area contributed by atoms with Crippen LogP contribution in [0.5, 0.6) is 11.5 Å². The average molecular weight is 382 g/mol. The lowest BCUT2D eigenvalue weighted by Gasteiger charge is -2.25. The van der Waals surface area contributed by atoms with Gasteiger partial charge in [-0.15, -0.1) is 11.3 Å². The lowest BCUT2D eigenvalue weighted by atomic mass is 9.96. The number of amides is 1. The molecule has 5 nitrogen and oxygen atoms in total. The first-order valence-corrected chi connectivity index (χ1v) is 9.96. The number of carbonyl (C=O) groups is 1. The van der Waals surface area contributed by atoms with Crippen molar-refractivity contribution >= 4 is 27.5 Å². The Balaban J connectivity index is 1.26. The number of nitrogens with one attached hydrogen (secondary N) is 1. The van der Waals surface area contributed by atoms with Crippen molar-refractivity contribution in [1.29, 1.82) is 0 Å². The molecule has 1 atom stereocenters. The number of nitrogens with zero attached hydrogens (tertiary/aromatic N) is 1. The Kier molecular flexibility index (Phi) is 5.25. The van der Waals surface area contributed by atoms with Gasteiger partial charge in [-0.05, 0) is 36.6 Å². The van der Waals surface area contributed by atoms with E-state index in [0.717, 1.165) is 40.4 Å². The summed E-state index contributed by atoms with van der Waals surface area (Å²) in [5, 5.41) is 4.16. The van der Waals surface area contributed by atoms with Crippen LogP contribution >= 0.6 is 11.3 Å². The van der Waals surface area contributed by atoms with Gasteiger partial charge in [0.1, 0.15) is 18.1 Å². The quantitative estimate of drug-likeness (QED) is 0.662. The fraction of sp³-hybridized carbons (Fsp3) is 0.333. The number of rotatable bonds is 6. The fourth-order valence-corrected chi connectivity index (χ4v) is 4.28. The highest BCUT2D eigenvalue weighted by atomic mass is 32.1. The van der Waals surface area contributed by atoms with Gasteiger partial charge in [0.25, 0.3) is 0 Å². The molecule has 0 bridgehead atoms. The summed E-state index contributed by atoms with van der Waals surface area (Å²) in [4.78, 5) is 17.1. The maximum atomic E-state index is 12.5. The van der Waals surface area contributed by atoms with Crippen LogP contribution in [0.3, 0.4) is 0 Å². The van der Waals surface area contributed by atoms with Crippen LogP contribution in [0.25, 0.3) is 10.2 Å². The molecule has 1 aliphatic heterocycles. The van der Waals surface area contributed by atoms with Gasteiger partial charge < -0.3 is 14.8 Å². The third-order valence-corrected chi connectivity index (χ3v) is 5.85. The van der Waals surface area contributed by atoms with Crippen LogP contribution in [0.4, 0.5) is 0 Å². The van der Waals surface area contributed by atoms with Crippen molar-refractivity contribution < 1.29 is 14.3 Å². The van der Waals surface area contributed by atoms with E-state index in [1.165, 1.54) is 4.70 Å². The zero-order chi connectivity index (χ0) is 18.6. The fourth-order valence-electron chi connectivity index (χ4n) is 3.27. The van der Waals surface area contributed by atoms with E-state index < -0.39 is 0 Å². The summed E-state index contributed by atoms with van der Waals surface area (Å²) in [6.07, 6.45) is 2.46. The molecule has 140 valence electrons. The second-order valence-electron chi connectivity index (χ2n) is 6.66. The zero-order valence-corrected chi connectivity index (χ0v) is 16.1. The molecule has 1 aliphatic rings. The first-order chi connectivity index (χ1) is 13.2. The van der Waals surface area contributed by atoms with Gasteiger partial charge in [0.15, 0.2) is 0 Å². The number of thiazole rings is 1. The number of hydrogen-bond donors (Lipinski definition) is 1. The molecule has 0 fully saturated rings. The Morgan fingerprint density at radius 2 is 2.22 bits per heavy atom. The smallest absolute Gasteiger partial charge is 0.226 e. The van der Waals surface area contributed by atoms with E-state index in [0.29, 0.717) is 19.6 Å². The largest absolute Gasteiger partial charge is 0.497 e.